The molecule has 0 amide bonds. The van der Waals surface area contributed by atoms with E-state index in [1.54, 1.807) is 11.3 Å². The summed E-state index contributed by atoms with van der Waals surface area (Å²) in [7, 11) is 0. The van der Waals surface area contributed by atoms with Gasteiger partial charge >= 0.3 is 0 Å². The molecule has 0 aromatic carbocycles. The molecule has 3 nitrogen and oxygen atoms in total. The van der Waals surface area contributed by atoms with Gasteiger partial charge in [0, 0.05) is 23.7 Å². The fourth-order valence-corrected chi connectivity index (χ4v) is 2.84. The van der Waals surface area contributed by atoms with E-state index in [1.165, 1.54) is 38.5 Å². The minimum Gasteiger partial charge on any atom is -0.359 e. The first-order valence-electron chi connectivity index (χ1n) is 5.80. The Balaban J connectivity index is 1.89. The highest BCUT2D eigenvalue weighted by Gasteiger charge is 2.13. The first kappa shape index (κ1) is 10.9. The van der Waals surface area contributed by atoms with E-state index in [9.17, 15) is 0 Å². The van der Waals surface area contributed by atoms with Crippen LogP contribution in [0, 0.1) is 0 Å². The number of nitrogens with zero attached hydrogens (tertiary/aromatic N) is 1. The summed E-state index contributed by atoms with van der Waals surface area (Å²) >= 11 is 1.69. The molecule has 0 aliphatic heterocycles. The molecule has 4 heteroatoms. The number of hydrogen-bond acceptors (Lipinski definition) is 4. The zero-order valence-corrected chi connectivity index (χ0v) is 9.85. The Morgan fingerprint density at radius 3 is 2.67 bits per heavy atom. The molecule has 0 bridgehead atoms. The van der Waals surface area contributed by atoms with Gasteiger partial charge in [0.1, 0.15) is 0 Å². The van der Waals surface area contributed by atoms with Gasteiger partial charge in [-0.25, -0.2) is 4.98 Å². The molecule has 2 rings (SSSR count). The van der Waals surface area contributed by atoms with Crippen molar-refractivity contribution in [2.45, 2.75) is 51.1 Å². The van der Waals surface area contributed by atoms with E-state index in [4.69, 9.17) is 5.73 Å². The van der Waals surface area contributed by atoms with E-state index >= 15 is 0 Å². The summed E-state index contributed by atoms with van der Waals surface area (Å²) in [6, 6.07) is 0.629. The van der Waals surface area contributed by atoms with Gasteiger partial charge in [0.05, 0.1) is 0 Å². The lowest BCUT2D eigenvalue weighted by Gasteiger charge is -2.14. The molecule has 3 N–H and O–H groups in total. The normalized spacial score (nSPS) is 18.7. The number of thiazole rings is 1. The molecule has 1 fully saturated rings. The van der Waals surface area contributed by atoms with Gasteiger partial charge in [-0.15, -0.1) is 11.3 Å². The van der Waals surface area contributed by atoms with Gasteiger partial charge in [0.2, 0.25) is 0 Å². The van der Waals surface area contributed by atoms with Crippen LogP contribution in [0.4, 0.5) is 5.13 Å². The molecule has 84 valence electrons. The minimum atomic E-state index is 0.601. The monoisotopic (exact) mass is 225 g/mol. The maximum Gasteiger partial charge on any atom is 0.183 e. The highest BCUT2D eigenvalue weighted by atomic mass is 32.1. The second-order valence-electron chi connectivity index (χ2n) is 4.17. The molecule has 0 spiro atoms. The quantitative estimate of drug-likeness (QED) is 0.778. The number of nitrogens with two attached hydrogens (primary N) is 1. The van der Waals surface area contributed by atoms with Crippen LogP contribution in [-0.2, 0) is 6.54 Å². The summed E-state index contributed by atoms with van der Waals surface area (Å²) in [4.78, 5) is 5.50. The zero-order chi connectivity index (χ0) is 10.5. The third-order valence-electron chi connectivity index (χ3n) is 2.94. The van der Waals surface area contributed by atoms with Crippen molar-refractivity contribution in [3.8, 4) is 0 Å². The van der Waals surface area contributed by atoms with Crippen molar-refractivity contribution in [3.63, 3.8) is 0 Å². The fourth-order valence-electron chi connectivity index (χ4n) is 2.07. The lowest BCUT2D eigenvalue weighted by atomic mass is 10.1. The highest BCUT2D eigenvalue weighted by molar-refractivity contribution is 7.15. The fraction of sp³-hybridized carbons (Fsp3) is 0.727. The van der Waals surface area contributed by atoms with Gasteiger partial charge in [0.25, 0.3) is 0 Å². The van der Waals surface area contributed by atoms with Crippen molar-refractivity contribution in [1.82, 2.24) is 4.98 Å². The van der Waals surface area contributed by atoms with E-state index in [1.807, 2.05) is 6.20 Å². The summed E-state index contributed by atoms with van der Waals surface area (Å²) in [5.74, 6) is 0. The molecule has 1 aromatic heterocycles. The minimum absolute atomic E-state index is 0.601. The number of nitrogens with one attached hydrogen (secondary N) is 1. The van der Waals surface area contributed by atoms with Crippen molar-refractivity contribution >= 4 is 16.5 Å². The van der Waals surface area contributed by atoms with Gasteiger partial charge < -0.3 is 11.1 Å². The van der Waals surface area contributed by atoms with Gasteiger partial charge in [-0.05, 0) is 12.8 Å². The van der Waals surface area contributed by atoms with Crippen molar-refractivity contribution in [2.24, 2.45) is 5.73 Å². The van der Waals surface area contributed by atoms with Crippen molar-refractivity contribution < 1.29 is 0 Å². The van der Waals surface area contributed by atoms with Crippen LogP contribution in [0.2, 0.25) is 0 Å². The van der Waals surface area contributed by atoms with Crippen LogP contribution in [0.3, 0.4) is 0 Å². The van der Waals surface area contributed by atoms with Crippen LogP contribution in [0.5, 0.6) is 0 Å². The SMILES string of the molecule is NCc1cnc(NC2CCCCCC2)s1. The number of hydrogen-bond donors (Lipinski definition) is 2. The lowest BCUT2D eigenvalue weighted by molar-refractivity contribution is 0.619. The summed E-state index contributed by atoms with van der Waals surface area (Å²) < 4.78 is 0. The number of anilines is 1. The first-order chi connectivity index (χ1) is 7.38. The first-order valence-corrected chi connectivity index (χ1v) is 6.61. The second kappa shape index (κ2) is 5.47. The maximum absolute atomic E-state index is 5.56. The highest BCUT2D eigenvalue weighted by Crippen LogP contribution is 2.23. The van der Waals surface area contributed by atoms with E-state index in [-0.39, 0.29) is 0 Å². The third-order valence-corrected chi connectivity index (χ3v) is 3.89. The van der Waals surface area contributed by atoms with Crippen molar-refractivity contribution in [2.75, 3.05) is 5.32 Å². The Hall–Kier alpha value is -0.610. The summed E-state index contributed by atoms with van der Waals surface area (Å²) in [6.45, 7) is 0.601. The lowest BCUT2D eigenvalue weighted by Crippen LogP contribution is -2.17. The summed E-state index contributed by atoms with van der Waals surface area (Å²) in [5, 5.41) is 4.57. The molecule has 0 atom stereocenters. The Bertz CT molecular complexity index is 290. The van der Waals surface area contributed by atoms with E-state index in [0.717, 1.165) is 10.0 Å². The summed E-state index contributed by atoms with van der Waals surface area (Å²) in [6.07, 6.45) is 9.95. The molecule has 1 aliphatic rings. The molecule has 0 unspecified atom stereocenters. The Labute approximate surface area is 95.1 Å². The smallest absolute Gasteiger partial charge is 0.183 e. The van der Waals surface area contributed by atoms with Crippen LogP contribution < -0.4 is 11.1 Å². The van der Waals surface area contributed by atoms with Crippen LogP contribution in [0.25, 0.3) is 0 Å². The molecule has 1 heterocycles. The maximum atomic E-state index is 5.56. The number of rotatable bonds is 3. The number of aromatic nitrogens is 1. The third kappa shape index (κ3) is 3.18. The average Bonchev–Trinajstić information content (AvgIpc) is 2.54. The Kier molecular flexibility index (Phi) is 3.97. The molecular formula is C11H19N3S. The predicted octanol–water partition coefficient (Wildman–Crippen LogP) is 2.74. The molecule has 1 aliphatic carbocycles. The van der Waals surface area contributed by atoms with E-state index < -0.39 is 0 Å². The second-order valence-corrected chi connectivity index (χ2v) is 5.28. The Morgan fingerprint density at radius 1 is 1.33 bits per heavy atom. The van der Waals surface area contributed by atoms with Gasteiger partial charge in [-0.2, -0.15) is 0 Å². The Morgan fingerprint density at radius 2 is 2.07 bits per heavy atom. The van der Waals surface area contributed by atoms with Crippen molar-refractivity contribution in [1.29, 1.82) is 0 Å². The van der Waals surface area contributed by atoms with Gasteiger partial charge in [-0.1, -0.05) is 25.7 Å². The molecule has 15 heavy (non-hydrogen) atoms. The van der Waals surface area contributed by atoms with Crippen LogP contribution in [0.15, 0.2) is 6.20 Å². The molecule has 0 saturated heterocycles. The van der Waals surface area contributed by atoms with Gasteiger partial charge in [0.15, 0.2) is 5.13 Å². The van der Waals surface area contributed by atoms with Gasteiger partial charge in [-0.3, -0.25) is 0 Å². The molecule has 1 aromatic rings. The van der Waals surface area contributed by atoms with Crippen LogP contribution in [0.1, 0.15) is 43.4 Å². The average molecular weight is 225 g/mol. The van der Waals surface area contributed by atoms with E-state index in [2.05, 4.69) is 10.3 Å². The zero-order valence-electron chi connectivity index (χ0n) is 9.04. The van der Waals surface area contributed by atoms with E-state index in [0.29, 0.717) is 12.6 Å². The molecule has 0 radical (unpaired) electrons. The topological polar surface area (TPSA) is 50.9 Å². The standard InChI is InChI=1S/C11H19N3S/c12-7-10-8-13-11(15-10)14-9-5-3-1-2-4-6-9/h8-9H,1-7,12H2,(H,13,14). The van der Waals surface area contributed by atoms with Crippen molar-refractivity contribution in [3.05, 3.63) is 11.1 Å². The van der Waals surface area contributed by atoms with Crippen LogP contribution in [-0.4, -0.2) is 11.0 Å². The molecule has 1 saturated carbocycles. The molecular weight excluding hydrogens is 206 g/mol. The predicted molar refractivity (Wildman–Crippen MR) is 65.1 cm³/mol. The van der Waals surface area contributed by atoms with Crippen LogP contribution >= 0.6 is 11.3 Å². The largest absolute Gasteiger partial charge is 0.359 e. The summed E-state index contributed by atoms with van der Waals surface area (Å²) in [5.41, 5.74) is 5.56.